The standard InChI is InChI=1S/C19H22BNO2.C14H12BrN.C13H10BrN.C12H24B2O4.6C2H6.CH2BrI/c1-18(2)19(3,4)23-20(22-18)13-10-11-15-14-8-6-7-9-16(14)21(5)17(15)12-13;1-16-13-5-3-2-4-11(13)12-7-6-10(9-15)8-14(12)16;1-15-12-5-3-2-4-10(12)11-7-6-9(14)8-13(11)15;1-9(2)10(3,4)16-13(15-9)14-17-11(5,6)12(7,8)18-14;6*1-2;2-1-3/h6-12H,1-5H3;2-8H,9H2,1H3;2-8H,1H3;1-8H3;6*1-2H3;1H2. The second-order valence-corrected chi connectivity index (χ2v) is 27.5. The second kappa shape index (κ2) is 35.6. The van der Waals surface area contributed by atoms with E-state index < -0.39 is 14.0 Å². The summed E-state index contributed by atoms with van der Waals surface area (Å²) >= 11 is 12.4. The average molecular weight is 1500 g/mol. The van der Waals surface area contributed by atoms with Gasteiger partial charge in [-0.3, -0.25) is 0 Å². The molecule has 87 heavy (non-hydrogen) atoms. The average Bonchev–Trinajstić information content (AvgIpc) is 2.69. The van der Waals surface area contributed by atoms with Crippen molar-refractivity contribution in [3.8, 4) is 0 Å². The largest absolute Gasteiger partial charge is 0.494 e. The Labute approximate surface area is 566 Å². The molecule has 478 valence electrons. The van der Waals surface area contributed by atoms with Crippen molar-refractivity contribution in [1.29, 1.82) is 0 Å². The highest BCUT2D eigenvalue weighted by Crippen LogP contribution is 2.43. The Kier molecular flexibility index (Phi) is 32.7. The van der Waals surface area contributed by atoms with Gasteiger partial charge in [0, 0.05) is 96.4 Å². The molecular formula is C71H106B3Br3IN3O6. The summed E-state index contributed by atoms with van der Waals surface area (Å²) in [6.07, 6.45) is 0. The Hall–Kier alpha value is -3.16. The first kappa shape index (κ1) is 79.9. The van der Waals surface area contributed by atoms with Gasteiger partial charge < -0.3 is 41.6 Å². The molecule has 9 nitrogen and oxygen atoms in total. The lowest BCUT2D eigenvalue weighted by Gasteiger charge is -2.32. The van der Waals surface area contributed by atoms with E-state index >= 15 is 0 Å². The van der Waals surface area contributed by atoms with E-state index in [-0.39, 0.29) is 40.7 Å². The highest BCUT2D eigenvalue weighted by molar-refractivity contribution is 14.1. The van der Waals surface area contributed by atoms with Crippen LogP contribution in [0.2, 0.25) is 0 Å². The number of hydrogen-bond acceptors (Lipinski definition) is 6. The van der Waals surface area contributed by atoms with E-state index in [4.69, 9.17) is 27.9 Å². The molecule has 9 aromatic rings. The van der Waals surface area contributed by atoms with Crippen LogP contribution in [0.15, 0.2) is 132 Å². The minimum atomic E-state index is -0.476. The summed E-state index contributed by atoms with van der Waals surface area (Å²) in [6, 6.07) is 45.1. The van der Waals surface area contributed by atoms with Crippen LogP contribution in [0.5, 0.6) is 0 Å². The van der Waals surface area contributed by atoms with Crippen molar-refractivity contribution >= 4 is 162 Å². The number of aromatic nitrogens is 3. The molecule has 0 N–H and O–H groups in total. The minimum Gasteiger partial charge on any atom is -0.405 e. The lowest BCUT2D eigenvalue weighted by molar-refractivity contribution is 0.00578. The molecule has 0 unspecified atom stereocenters. The third-order valence-corrected chi connectivity index (χ3v) is 17.4. The quantitative estimate of drug-likeness (QED) is 0.0997. The Morgan fingerprint density at radius 1 is 0.356 bits per heavy atom. The van der Waals surface area contributed by atoms with Crippen molar-refractivity contribution in [2.75, 3.05) is 3.34 Å². The molecule has 0 amide bonds. The highest BCUT2D eigenvalue weighted by Gasteiger charge is 2.63. The zero-order valence-corrected chi connectivity index (χ0v) is 65.0. The molecule has 0 spiro atoms. The van der Waals surface area contributed by atoms with Crippen LogP contribution in [0.25, 0.3) is 65.4 Å². The molecule has 0 radical (unpaired) electrons. The third kappa shape index (κ3) is 18.3. The number of para-hydroxylation sites is 3. The molecule has 12 rings (SSSR count). The molecule has 3 aliphatic heterocycles. The number of fused-ring (bicyclic) bond motifs is 9. The van der Waals surface area contributed by atoms with Crippen LogP contribution in [0.3, 0.4) is 0 Å². The van der Waals surface area contributed by atoms with Gasteiger partial charge in [-0.25, -0.2) is 0 Å². The molecule has 6 aromatic carbocycles. The molecular weight excluding hydrogens is 1390 g/mol. The first-order valence-corrected chi connectivity index (χ1v) is 36.0. The van der Waals surface area contributed by atoms with Gasteiger partial charge in [-0.15, -0.1) is 0 Å². The van der Waals surface area contributed by atoms with Crippen LogP contribution in [0, 0.1) is 0 Å². The van der Waals surface area contributed by atoms with E-state index in [0.29, 0.717) is 0 Å². The number of benzene rings is 6. The lowest BCUT2D eigenvalue weighted by atomic mass is 9.49. The first-order valence-electron chi connectivity index (χ1n) is 31.5. The molecule has 0 saturated carbocycles. The SMILES string of the molecule is BrCI.CC.CC.CC.CC.CC.CC.CC1(C)OB(B2OC(C)(C)C(C)(C)O2)OC1(C)C.Cn1c2ccccc2c2ccc(B3OC(C)(C)C(C)(C)O3)cc21.Cn1c2ccccc2c2ccc(Br)cc21.Cn1c2ccccc2c2ccc(CBr)cc21. The number of rotatable bonds is 3. The smallest absolute Gasteiger partial charge is 0.405 e. The van der Waals surface area contributed by atoms with Gasteiger partial charge in [0.15, 0.2) is 0 Å². The summed E-state index contributed by atoms with van der Waals surface area (Å²) in [6.45, 7) is 48.6. The molecule has 3 aromatic heterocycles. The normalized spacial score (nSPS) is 16.5. The number of aryl methyl sites for hydroxylation is 3. The van der Waals surface area contributed by atoms with E-state index in [2.05, 4.69) is 260 Å². The van der Waals surface area contributed by atoms with E-state index in [1.54, 1.807) is 0 Å². The Morgan fingerprint density at radius 3 is 0.954 bits per heavy atom. The monoisotopic (exact) mass is 1490 g/mol. The maximum Gasteiger partial charge on any atom is 0.494 e. The third-order valence-electron chi connectivity index (χ3n) is 16.2. The summed E-state index contributed by atoms with van der Waals surface area (Å²) in [7, 11) is 5.08. The maximum atomic E-state index is 6.18. The summed E-state index contributed by atoms with van der Waals surface area (Å²) < 4.78 is 45.1. The molecule has 16 heteroatoms. The van der Waals surface area contributed by atoms with Crippen molar-refractivity contribution in [2.45, 2.75) is 205 Å². The topological polar surface area (TPSA) is 70.2 Å². The van der Waals surface area contributed by atoms with Crippen molar-refractivity contribution in [2.24, 2.45) is 21.1 Å². The summed E-state index contributed by atoms with van der Waals surface area (Å²) in [4.78, 5) is 0. The van der Waals surface area contributed by atoms with Crippen molar-refractivity contribution in [3.63, 3.8) is 0 Å². The molecule has 0 atom stereocenters. The van der Waals surface area contributed by atoms with Crippen LogP contribution in [-0.4, -0.2) is 71.8 Å². The van der Waals surface area contributed by atoms with Crippen molar-refractivity contribution in [3.05, 3.63) is 137 Å². The van der Waals surface area contributed by atoms with Gasteiger partial charge in [0.05, 0.1) is 36.9 Å². The van der Waals surface area contributed by atoms with Gasteiger partial charge in [-0.1, -0.05) is 238 Å². The van der Waals surface area contributed by atoms with E-state index in [0.717, 1.165) is 18.6 Å². The molecule has 6 heterocycles. The molecule has 0 bridgehead atoms. The van der Waals surface area contributed by atoms with Gasteiger partial charge in [0.25, 0.3) is 0 Å². The van der Waals surface area contributed by atoms with E-state index in [1.807, 2.05) is 138 Å². The van der Waals surface area contributed by atoms with Crippen LogP contribution >= 0.6 is 70.4 Å². The van der Waals surface area contributed by atoms with Crippen LogP contribution in [0.1, 0.15) is 172 Å². The Bertz CT molecular complexity index is 3440. The van der Waals surface area contributed by atoms with Crippen LogP contribution < -0.4 is 5.46 Å². The Morgan fingerprint density at radius 2 is 0.621 bits per heavy atom. The number of alkyl halides is 3. The van der Waals surface area contributed by atoms with Gasteiger partial charge in [0.1, 0.15) is 0 Å². The zero-order chi connectivity index (χ0) is 66.6. The molecule has 3 aliphatic rings. The zero-order valence-electron chi connectivity index (χ0n) is 58.1. The minimum absolute atomic E-state index is 0.314. The fourth-order valence-electron chi connectivity index (χ4n) is 9.73. The van der Waals surface area contributed by atoms with Gasteiger partial charge in [0.2, 0.25) is 0 Å². The molecule has 3 saturated heterocycles. The van der Waals surface area contributed by atoms with E-state index in [1.165, 1.54) is 71.0 Å². The highest BCUT2D eigenvalue weighted by atomic mass is 127. The number of hydrogen-bond donors (Lipinski definition) is 0. The second-order valence-electron chi connectivity index (χ2n) is 22.6. The Balaban J connectivity index is 0.000000371. The summed E-state index contributed by atoms with van der Waals surface area (Å²) in [5.41, 5.74) is 7.92. The number of nitrogens with zero attached hydrogens (tertiary/aromatic N) is 3. The number of halogens is 4. The first-order chi connectivity index (χ1) is 41.2. The molecule has 3 fully saturated rings. The fourth-order valence-corrected chi connectivity index (χ4v) is 10.4. The van der Waals surface area contributed by atoms with Gasteiger partial charge in [-0.05, 0) is 137 Å². The summed E-state index contributed by atoms with van der Waals surface area (Å²) in [5.74, 6) is 0. The maximum absolute atomic E-state index is 6.18. The predicted molar refractivity (Wildman–Crippen MR) is 405 cm³/mol. The summed E-state index contributed by atoms with van der Waals surface area (Å²) in [5, 5.41) is 8.77. The van der Waals surface area contributed by atoms with Crippen molar-refractivity contribution < 1.29 is 27.9 Å². The lowest BCUT2D eigenvalue weighted by Crippen LogP contribution is -2.41. The molecule has 0 aliphatic carbocycles. The van der Waals surface area contributed by atoms with Crippen LogP contribution in [0.4, 0.5) is 0 Å². The fraction of sp³-hybridized carbons (Fsp3) is 0.493. The van der Waals surface area contributed by atoms with Crippen molar-refractivity contribution in [1.82, 2.24) is 13.7 Å². The predicted octanol–water partition coefficient (Wildman–Crippen LogP) is 22.1. The van der Waals surface area contributed by atoms with E-state index in [9.17, 15) is 0 Å². The van der Waals surface area contributed by atoms with Gasteiger partial charge >= 0.3 is 21.1 Å². The van der Waals surface area contributed by atoms with Crippen LogP contribution in [-0.2, 0) is 54.4 Å². The van der Waals surface area contributed by atoms with Gasteiger partial charge in [-0.2, -0.15) is 0 Å².